The molecule has 4 nitrogen and oxygen atoms in total. The van der Waals surface area contributed by atoms with Crippen LogP contribution in [-0.2, 0) is 11.3 Å². The molecule has 2 aromatic carbocycles. The van der Waals surface area contributed by atoms with Gasteiger partial charge in [-0.15, -0.1) is 0 Å². The summed E-state index contributed by atoms with van der Waals surface area (Å²) in [7, 11) is 0. The molecule has 1 aliphatic carbocycles. The third-order valence-corrected chi connectivity index (χ3v) is 5.62. The van der Waals surface area contributed by atoms with Crippen LogP contribution < -0.4 is 11.1 Å². The van der Waals surface area contributed by atoms with Gasteiger partial charge in [0.25, 0.3) is 0 Å². The molecule has 1 heterocycles. The lowest BCUT2D eigenvalue weighted by Gasteiger charge is -2.08. The Labute approximate surface area is 179 Å². The highest BCUT2D eigenvalue weighted by atomic mass is 32.1. The zero-order chi connectivity index (χ0) is 21.3. The number of hydrogen-bond donors (Lipinski definition) is 2. The standard InChI is InChI=1S/C23H23F2N3OS/c24-21(25)8-9-28-13-19(15-2-1-3-16(11-15)23(26)30)18-7-6-17(12-20(18)28)27-22(29)10-14-4-5-14/h1-3,6-7,11-14,21H,4-5,8-10H2,(H2,26,30)(H,27,29). The number of rotatable bonds is 8. The third kappa shape index (κ3) is 4.67. The van der Waals surface area contributed by atoms with Gasteiger partial charge in [-0.2, -0.15) is 0 Å². The van der Waals surface area contributed by atoms with E-state index < -0.39 is 6.43 Å². The second kappa shape index (κ2) is 8.52. The van der Waals surface area contributed by atoms with E-state index in [0.29, 0.717) is 23.0 Å². The van der Waals surface area contributed by atoms with Crippen LogP contribution in [0.2, 0.25) is 0 Å². The molecule has 156 valence electrons. The normalized spacial score (nSPS) is 13.7. The first-order chi connectivity index (χ1) is 14.4. The van der Waals surface area contributed by atoms with E-state index >= 15 is 0 Å². The first-order valence-corrected chi connectivity index (χ1v) is 10.4. The number of alkyl halides is 2. The highest BCUT2D eigenvalue weighted by Crippen LogP contribution is 2.35. The SMILES string of the molecule is NC(=S)c1cccc(-c2cn(CCC(F)F)c3cc(NC(=O)CC4CC4)ccc23)c1. The second-order valence-corrected chi connectivity index (χ2v) is 8.23. The first kappa shape index (κ1) is 20.5. The summed E-state index contributed by atoms with van der Waals surface area (Å²) in [6.45, 7) is 0.183. The minimum atomic E-state index is -2.38. The van der Waals surface area contributed by atoms with Gasteiger partial charge in [0.15, 0.2) is 0 Å². The lowest BCUT2D eigenvalue weighted by molar-refractivity contribution is -0.116. The van der Waals surface area contributed by atoms with Gasteiger partial charge in [0, 0.05) is 47.8 Å². The van der Waals surface area contributed by atoms with E-state index in [1.165, 1.54) is 0 Å². The molecule has 7 heteroatoms. The van der Waals surface area contributed by atoms with Crippen molar-refractivity contribution in [3.63, 3.8) is 0 Å². The van der Waals surface area contributed by atoms with Crippen molar-refractivity contribution < 1.29 is 13.6 Å². The summed E-state index contributed by atoms with van der Waals surface area (Å²) in [6.07, 6.45) is 2.00. The average Bonchev–Trinajstić information content (AvgIpc) is 3.45. The van der Waals surface area contributed by atoms with Crippen LogP contribution in [0, 0.1) is 5.92 Å². The summed E-state index contributed by atoms with van der Waals surface area (Å²) in [5, 5.41) is 3.86. The molecular weight excluding hydrogens is 404 g/mol. The Bertz CT molecular complexity index is 1110. The summed E-state index contributed by atoms with van der Waals surface area (Å²) in [6, 6.07) is 13.2. The van der Waals surface area contributed by atoms with Crippen molar-refractivity contribution in [2.45, 2.75) is 38.7 Å². The molecule has 1 saturated carbocycles. The predicted molar refractivity (Wildman–Crippen MR) is 120 cm³/mol. The van der Waals surface area contributed by atoms with Crippen molar-refractivity contribution in [1.82, 2.24) is 4.57 Å². The van der Waals surface area contributed by atoms with Crippen LogP contribution >= 0.6 is 12.2 Å². The van der Waals surface area contributed by atoms with Crippen molar-refractivity contribution in [2.75, 3.05) is 5.32 Å². The molecule has 1 amide bonds. The molecule has 0 spiro atoms. The molecule has 3 N–H and O–H groups in total. The number of nitrogens with two attached hydrogens (primary N) is 1. The first-order valence-electron chi connectivity index (χ1n) is 10.0. The number of amides is 1. The second-order valence-electron chi connectivity index (χ2n) is 7.79. The van der Waals surface area contributed by atoms with Gasteiger partial charge in [0.1, 0.15) is 4.99 Å². The van der Waals surface area contributed by atoms with Gasteiger partial charge < -0.3 is 15.6 Å². The molecule has 3 aromatic rings. The zero-order valence-corrected chi connectivity index (χ0v) is 17.2. The third-order valence-electron chi connectivity index (χ3n) is 5.38. The number of nitrogens with zero attached hydrogens (tertiary/aromatic N) is 1. The van der Waals surface area contributed by atoms with E-state index in [1.54, 1.807) is 0 Å². The fourth-order valence-electron chi connectivity index (χ4n) is 3.66. The van der Waals surface area contributed by atoms with Crippen LogP contribution in [0.5, 0.6) is 0 Å². The lowest BCUT2D eigenvalue weighted by Crippen LogP contribution is -2.12. The van der Waals surface area contributed by atoms with Gasteiger partial charge in [-0.1, -0.05) is 36.5 Å². The quantitative estimate of drug-likeness (QED) is 0.477. The Hall–Kier alpha value is -2.80. The molecule has 1 aliphatic rings. The molecule has 0 bridgehead atoms. The number of carbonyl (C=O) groups is 1. The number of carbonyl (C=O) groups excluding carboxylic acids is 1. The largest absolute Gasteiger partial charge is 0.389 e. The number of nitrogens with one attached hydrogen (secondary N) is 1. The molecule has 0 aliphatic heterocycles. The maximum atomic E-state index is 12.9. The highest BCUT2D eigenvalue weighted by molar-refractivity contribution is 7.80. The van der Waals surface area contributed by atoms with Gasteiger partial charge in [-0.3, -0.25) is 4.79 Å². The van der Waals surface area contributed by atoms with Crippen LogP contribution in [0.4, 0.5) is 14.5 Å². The number of halogens is 2. The summed E-state index contributed by atoms with van der Waals surface area (Å²) in [4.78, 5) is 12.5. The number of fused-ring (bicyclic) bond motifs is 1. The van der Waals surface area contributed by atoms with Gasteiger partial charge in [0.2, 0.25) is 12.3 Å². The van der Waals surface area contributed by atoms with Crippen LogP contribution in [0.25, 0.3) is 22.0 Å². The van der Waals surface area contributed by atoms with Crippen molar-refractivity contribution >= 4 is 39.7 Å². The summed E-state index contributed by atoms with van der Waals surface area (Å²) < 4.78 is 27.6. The number of aryl methyl sites for hydroxylation is 1. The van der Waals surface area contributed by atoms with Crippen molar-refractivity contribution in [2.24, 2.45) is 11.7 Å². The molecule has 0 atom stereocenters. The summed E-state index contributed by atoms with van der Waals surface area (Å²) in [5.41, 5.74) is 9.81. The minimum Gasteiger partial charge on any atom is -0.389 e. The minimum absolute atomic E-state index is 0.00748. The van der Waals surface area contributed by atoms with Gasteiger partial charge in [0.05, 0.1) is 5.52 Å². The van der Waals surface area contributed by atoms with E-state index in [4.69, 9.17) is 18.0 Å². The molecule has 0 radical (unpaired) electrons. The highest BCUT2D eigenvalue weighted by Gasteiger charge is 2.24. The Morgan fingerprint density at radius 1 is 1.23 bits per heavy atom. The van der Waals surface area contributed by atoms with Gasteiger partial charge >= 0.3 is 0 Å². The Morgan fingerprint density at radius 3 is 2.73 bits per heavy atom. The molecular formula is C23H23F2N3OS. The number of benzene rings is 2. The molecule has 4 rings (SSSR count). The maximum Gasteiger partial charge on any atom is 0.240 e. The number of aromatic nitrogens is 1. The fourth-order valence-corrected chi connectivity index (χ4v) is 3.78. The number of hydrogen-bond acceptors (Lipinski definition) is 2. The molecule has 1 fully saturated rings. The predicted octanol–water partition coefficient (Wildman–Crippen LogP) is 5.34. The van der Waals surface area contributed by atoms with Gasteiger partial charge in [-0.25, -0.2) is 8.78 Å². The van der Waals surface area contributed by atoms with Crippen LogP contribution in [-0.4, -0.2) is 21.9 Å². The van der Waals surface area contributed by atoms with Gasteiger partial charge in [-0.05, 0) is 42.5 Å². The number of anilines is 1. The molecule has 30 heavy (non-hydrogen) atoms. The smallest absolute Gasteiger partial charge is 0.240 e. The van der Waals surface area contributed by atoms with E-state index in [2.05, 4.69) is 5.32 Å². The van der Waals surface area contributed by atoms with Crippen LogP contribution in [0.1, 0.15) is 31.2 Å². The van der Waals surface area contributed by atoms with E-state index in [0.717, 1.165) is 40.4 Å². The topological polar surface area (TPSA) is 60.0 Å². The molecule has 0 unspecified atom stereocenters. The van der Waals surface area contributed by atoms with Crippen LogP contribution in [0.3, 0.4) is 0 Å². The fraction of sp³-hybridized carbons (Fsp3) is 0.304. The van der Waals surface area contributed by atoms with E-state index in [-0.39, 0.29) is 18.9 Å². The average molecular weight is 428 g/mol. The van der Waals surface area contributed by atoms with Crippen molar-refractivity contribution in [3.8, 4) is 11.1 Å². The molecule has 0 saturated heterocycles. The summed E-state index contributed by atoms with van der Waals surface area (Å²) >= 11 is 5.08. The lowest BCUT2D eigenvalue weighted by atomic mass is 10.0. The molecule has 1 aromatic heterocycles. The Balaban J connectivity index is 1.72. The zero-order valence-electron chi connectivity index (χ0n) is 16.4. The van der Waals surface area contributed by atoms with E-state index in [1.807, 2.05) is 53.2 Å². The summed E-state index contributed by atoms with van der Waals surface area (Å²) in [5.74, 6) is 0.489. The van der Waals surface area contributed by atoms with Crippen molar-refractivity contribution in [3.05, 3.63) is 54.2 Å². The maximum absolute atomic E-state index is 12.9. The monoisotopic (exact) mass is 427 g/mol. The Kier molecular flexibility index (Phi) is 5.81. The number of thiocarbonyl (C=S) groups is 1. The van der Waals surface area contributed by atoms with Crippen LogP contribution in [0.15, 0.2) is 48.7 Å². The van der Waals surface area contributed by atoms with Crippen molar-refractivity contribution in [1.29, 1.82) is 0 Å². The van der Waals surface area contributed by atoms with E-state index in [9.17, 15) is 13.6 Å². The Morgan fingerprint density at radius 2 is 2.03 bits per heavy atom.